The van der Waals surface area contributed by atoms with Crippen LogP contribution in [0.3, 0.4) is 0 Å². The summed E-state index contributed by atoms with van der Waals surface area (Å²) in [5, 5.41) is 25.0. The molecule has 10 heteroatoms. The predicted octanol–water partition coefficient (Wildman–Crippen LogP) is 0.955. The van der Waals surface area contributed by atoms with Crippen molar-refractivity contribution in [1.29, 1.82) is 0 Å². The molecule has 10 nitrogen and oxygen atoms in total. The van der Waals surface area contributed by atoms with Gasteiger partial charge in [-0.25, -0.2) is 4.79 Å². The lowest BCUT2D eigenvalue weighted by Crippen LogP contribution is -2.45. The molecule has 152 valence electrons. The fraction of sp³-hybridized carbons (Fsp3) is 0.150. The molecule has 0 bridgehead atoms. The second kappa shape index (κ2) is 6.99. The number of carbonyl (C=O) groups is 3. The number of likely N-dealkylation sites (N-methyl/N-ethyl adjacent to an activating group) is 1. The number of aromatic carboxylic acids is 1. The molecule has 0 saturated heterocycles. The van der Waals surface area contributed by atoms with Crippen LogP contribution in [0.4, 0.5) is 16.2 Å². The average Bonchev–Trinajstić information content (AvgIpc) is 3.08. The van der Waals surface area contributed by atoms with Crippen LogP contribution in [-0.2, 0) is 4.79 Å². The van der Waals surface area contributed by atoms with Gasteiger partial charge in [0.15, 0.2) is 0 Å². The van der Waals surface area contributed by atoms with Crippen molar-refractivity contribution in [1.82, 2.24) is 10.2 Å². The van der Waals surface area contributed by atoms with Gasteiger partial charge in [-0.1, -0.05) is 24.3 Å². The Hall–Kier alpha value is -4.21. The summed E-state index contributed by atoms with van der Waals surface area (Å²) in [7, 11) is 1.52. The Morgan fingerprint density at radius 3 is 2.60 bits per heavy atom. The molecule has 2 aliphatic heterocycles. The summed E-state index contributed by atoms with van der Waals surface area (Å²) in [6, 6.07) is 10.2. The number of non-ortho nitro benzene ring substituents is 1. The Morgan fingerprint density at radius 2 is 1.90 bits per heavy atom. The summed E-state index contributed by atoms with van der Waals surface area (Å²) >= 11 is 0. The number of nitro benzene ring substituents is 1. The molecule has 0 saturated carbocycles. The summed E-state index contributed by atoms with van der Waals surface area (Å²) in [5.74, 6) is -1.80. The topological polar surface area (TPSA) is 136 Å². The maximum Gasteiger partial charge on any atom is 0.322 e. The summed E-state index contributed by atoms with van der Waals surface area (Å²) < 4.78 is 0. The number of nitro groups is 1. The van der Waals surface area contributed by atoms with Gasteiger partial charge in [-0.15, -0.1) is 0 Å². The molecule has 1 atom stereocenters. The third kappa shape index (κ3) is 3.04. The van der Waals surface area contributed by atoms with Crippen molar-refractivity contribution in [3.8, 4) is 0 Å². The number of amides is 3. The zero-order chi connectivity index (χ0) is 21.6. The van der Waals surface area contributed by atoms with Crippen LogP contribution in [0.15, 0.2) is 59.8 Å². The molecule has 0 radical (unpaired) electrons. The van der Waals surface area contributed by atoms with E-state index in [9.17, 15) is 29.6 Å². The number of nitrogens with zero attached hydrogens (tertiary/aromatic N) is 3. The average molecular weight is 407 g/mol. The molecule has 0 fully saturated rings. The number of hydrogen-bond acceptors (Lipinski definition) is 6. The van der Waals surface area contributed by atoms with Crippen LogP contribution < -0.4 is 15.3 Å². The van der Waals surface area contributed by atoms with Gasteiger partial charge in [0.05, 0.1) is 34.7 Å². The van der Waals surface area contributed by atoms with Crippen molar-refractivity contribution in [3.63, 3.8) is 0 Å². The van der Waals surface area contributed by atoms with Gasteiger partial charge < -0.3 is 20.1 Å². The van der Waals surface area contributed by atoms with Crippen molar-refractivity contribution in [2.75, 3.05) is 18.5 Å². The van der Waals surface area contributed by atoms with E-state index in [-0.39, 0.29) is 23.4 Å². The number of rotatable bonds is 4. The lowest BCUT2D eigenvalue weighted by Gasteiger charge is -2.30. The van der Waals surface area contributed by atoms with Crippen LogP contribution in [0.1, 0.15) is 22.0 Å². The Morgan fingerprint density at radius 1 is 1.17 bits per heavy atom. The Kier molecular flexibility index (Phi) is 4.46. The minimum Gasteiger partial charge on any atom is -0.545 e. The molecule has 0 aliphatic carbocycles. The van der Waals surface area contributed by atoms with Gasteiger partial charge in [0.2, 0.25) is 0 Å². The second-order valence-electron chi connectivity index (χ2n) is 6.88. The molecule has 2 heterocycles. The highest BCUT2D eigenvalue weighted by atomic mass is 16.6. The third-order valence-electron chi connectivity index (χ3n) is 5.17. The molecule has 2 aromatic rings. The Labute approximate surface area is 170 Å². The van der Waals surface area contributed by atoms with Gasteiger partial charge in [0.1, 0.15) is 0 Å². The van der Waals surface area contributed by atoms with Gasteiger partial charge in [0, 0.05) is 24.9 Å². The highest BCUT2D eigenvalue weighted by Gasteiger charge is 2.43. The second-order valence-corrected chi connectivity index (χ2v) is 6.88. The van der Waals surface area contributed by atoms with E-state index in [0.717, 1.165) is 0 Å². The molecule has 3 amide bonds. The van der Waals surface area contributed by atoms with E-state index in [1.165, 1.54) is 53.2 Å². The summed E-state index contributed by atoms with van der Waals surface area (Å²) in [5.41, 5.74) is 1.22. The predicted molar refractivity (Wildman–Crippen MR) is 102 cm³/mol. The number of carboxylic acid groups (broad SMARTS) is 1. The van der Waals surface area contributed by atoms with Crippen LogP contribution >= 0.6 is 0 Å². The monoisotopic (exact) mass is 407 g/mol. The van der Waals surface area contributed by atoms with E-state index >= 15 is 0 Å². The molecule has 4 rings (SSSR count). The van der Waals surface area contributed by atoms with Crippen molar-refractivity contribution in [2.45, 2.75) is 6.04 Å². The van der Waals surface area contributed by atoms with Crippen LogP contribution in [0.2, 0.25) is 0 Å². The van der Waals surface area contributed by atoms with Crippen LogP contribution in [0.25, 0.3) is 0 Å². The van der Waals surface area contributed by atoms with Gasteiger partial charge in [-0.05, 0) is 23.3 Å². The third-order valence-corrected chi connectivity index (χ3v) is 5.17. The van der Waals surface area contributed by atoms with Crippen molar-refractivity contribution in [2.24, 2.45) is 0 Å². The standard InChI is InChI=1S/C20H16N4O6/c1-22-15-10-23(13-6-3-5-12(9-13)19(26)27)18(25)16(15)17(21-20(22)28)11-4-2-7-14(8-11)24(29)30/h2-9,17H,10H2,1H3,(H,21,28)(H,26,27)/p-1/t17-/m0/s1. The van der Waals surface area contributed by atoms with Gasteiger partial charge in [-0.3, -0.25) is 19.8 Å². The first-order valence-electron chi connectivity index (χ1n) is 8.93. The van der Waals surface area contributed by atoms with Crippen molar-refractivity contribution in [3.05, 3.63) is 81.0 Å². The van der Waals surface area contributed by atoms with Gasteiger partial charge in [-0.2, -0.15) is 0 Å². The lowest BCUT2D eigenvalue weighted by atomic mass is 9.95. The smallest absolute Gasteiger partial charge is 0.322 e. The zero-order valence-electron chi connectivity index (χ0n) is 15.7. The highest BCUT2D eigenvalue weighted by molar-refractivity contribution is 6.12. The molecule has 2 aromatic carbocycles. The number of carbonyl (C=O) groups excluding carboxylic acids is 3. The van der Waals surface area contributed by atoms with Crippen LogP contribution in [-0.4, -0.2) is 41.3 Å². The SMILES string of the molecule is CN1C(=O)N[C@@H](c2cccc([N+](=O)[O-])c2)C2=C1CN(c1cccc(C(=O)[O-])c1)C2=O. The number of urea groups is 1. The Bertz CT molecular complexity index is 1140. The maximum absolute atomic E-state index is 13.3. The molecule has 1 N–H and O–H groups in total. The molecule has 0 unspecified atom stereocenters. The molecule has 0 aromatic heterocycles. The van der Waals surface area contributed by atoms with E-state index in [1.807, 2.05) is 0 Å². The number of anilines is 1. The van der Waals surface area contributed by atoms with E-state index in [2.05, 4.69) is 5.32 Å². The summed E-state index contributed by atoms with van der Waals surface area (Å²) in [4.78, 5) is 50.2. The maximum atomic E-state index is 13.3. The molecular weight excluding hydrogens is 392 g/mol. The van der Waals surface area contributed by atoms with E-state index in [0.29, 0.717) is 16.9 Å². The van der Waals surface area contributed by atoms with E-state index in [1.54, 1.807) is 12.1 Å². The fourth-order valence-corrected chi connectivity index (χ4v) is 3.64. The first-order chi connectivity index (χ1) is 14.3. The molecule has 0 spiro atoms. The normalized spacial score (nSPS) is 18.4. The van der Waals surface area contributed by atoms with Crippen LogP contribution in [0.5, 0.6) is 0 Å². The van der Waals surface area contributed by atoms with Gasteiger partial charge >= 0.3 is 6.03 Å². The quantitative estimate of drug-likeness (QED) is 0.592. The first-order valence-corrected chi connectivity index (χ1v) is 8.93. The number of nitrogens with one attached hydrogen (secondary N) is 1. The summed E-state index contributed by atoms with van der Waals surface area (Å²) in [6.07, 6.45) is 0. The lowest BCUT2D eigenvalue weighted by molar-refractivity contribution is -0.384. The molecular formula is C20H15N4O6-. The molecule has 2 aliphatic rings. The zero-order valence-corrected chi connectivity index (χ0v) is 15.7. The number of hydrogen-bond donors (Lipinski definition) is 1. The highest BCUT2D eigenvalue weighted by Crippen LogP contribution is 2.38. The van der Waals surface area contributed by atoms with E-state index < -0.39 is 28.9 Å². The largest absolute Gasteiger partial charge is 0.545 e. The molecule has 30 heavy (non-hydrogen) atoms. The fourth-order valence-electron chi connectivity index (χ4n) is 3.64. The Balaban J connectivity index is 1.76. The number of carboxylic acids is 1. The van der Waals surface area contributed by atoms with Crippen molar-refractivity contribution < 1.29 is 24.4 Å². The summed E-state index contributed by atoms with van der Waals surface area (Å²) in [6.45, 7) is 0.0556. The number of benzene rings is 2. The van der Waals surface area contributed by atoms with Crippen LogP contribution in [0, 0.1) is 10.1 Å². The minimum atomic E-state index is -1.37. The van der Waals surface area contributed by atoms with Crippen molar-refractivity contribution >= 4 is 29.3 Å². The minimum absolute atomic E-state index is 0.0556. The van der Waals surface area contributed by atoms with E-state index in [4.69, 9.17) is 0 Å². The first kappa shape index (κ1) is 19.1. The van der Waals surface area contributed by atoms with Gasteiger partial charge in [0.25, 0.3) is 11.6 Å².